The van der Waals surface area contributed by atoms with Gasteiger partial charge in [0.15, 0.2) is 0 Å². The average molecular weight is 435 g/mol. The van der Waals surface area contributed by atoms with Gasteiger partial charge in [-0.1, -0.05) is 49.9 Å². The molecule has 0 saturated heterocycles. The number of hydrogen-bond acceptors (Lipinski definition) is 3. The molecule has 2 atom stereocenters. The number of methoxy groups -OCH3 is 2. The Morgan fingerprint density at radius 2 is 1.16 bits per heavy atom. The third-order valence-electron chi connectivity index (χ3n) is 7.88. The number of hydrogen-bond donors (Lipinski definition) is 0. The number of carbonyl (C=O) groups excluding carboxylic acids is 1. The van der Waals surface area contributed by atoms with Crippen LogP contribution in [0.2, 0.25) is 0 Å². The molecule has 32 heavy (non-hydrogen) atoms. The van der Waals surface area contributed by atoms with Gasteiger partial charge in [-0.2, -0.15) is 0 Å². The first-order valence-corrected chi connectivity index (χ1v) is 12.5. The Hall–Kier alpha value is -2.29. The molecule has 3 heteroatoms. The molecule has 2 saturated carbocycles. The first kappa shape index (κ1) is 22.9. The molecule has 0 aromatic heterocycles. The number of carbonyl (C=O) groups is 1. The van der Waals surface area contributed by atoms with Crippen LogP contribution in [0.4, 0.5) is 0 Å². The van der Waals surface area contributed by atoms with Gasteiger partial charge in [-0.3, -0.25) is 4.79 Å². The van der Waals surface area contributed by atoms with Crippen LogP contribution in [0.15, 0.2) is 48.5 Å². The Kier molecular flexibility index (Phi) is 7.89. The third kappa shape index (κ3) is 5.54. The molecule has 0 N–H and O–H groups in total. The molecule has 0 bridgehead atoms. The van der Waals surface area contributed by atoms with Crippen molar-refractivity contribution in [3.63, 3.8) is 0 Å². The molecular weight excluding hydrogens is 396 g/mol. The van der Waals surface area contributed by atoms with Crippen LogP contribution in [0, 0.1) is 11.8 Å². The molecule has 0 amide bonds. The summed E-state index contributed by atoms with van der Waals surface area (Å²) in [6, 6.07) is 16.8. The van der Waals surface area contributed by atoms with E-state index >= 15 is 0 Å². The second-order valence-corrected chi connectivity index (χ2v) is 9.80. The summed E-state index contributed by atoms with van der Waals surface area (Å²) in [5, 5.41) is 0. The summed E-state index contributed by atoms with van der Waals surface area (Å²) in [4.78, 5) is 13.6. The molecule has 2 fully saturated rings. The van der Waals surface area contributed by atoms with Crippen molar-refractivity contribution in [3.8, 4) is 11.5 Å². The molecule has 2 aliphatic carbocycles. The van der Waals surface area contributed by atoms with Gasteiger partial charge in [-0.15, -0.1) is 0 Å². The van der Waals surface area contributed by atoms with Crippen LogP contribution in [-0.4, -0.2) is 20.0 Å². The zero-order valence-electron chi connectivity index (χ0n) is 19.7. The van der Waals surface area contributed by atoms with Crippen LogP contribution >= 0.6 is 0 Å². The van der Waals surface area contributed by atoms with Gasteiger partial charge in [0, 0.05) is 12.8 Å². The highest BCUT2D eigenvalue weighted by Crippen LogP contribution is 2.43. The third-order valence-corrected chi connectivity index (χ3v) is 7.88. The quantitative estimate of drug-likeness (QED) is 0.393. The molecule has 4 rings (SSSR count). The summed E-state index contributed by atoms with van der Waals surface area (Å²) in [7, 11) is 3.43. The minimum absolute atomic E-state index is 0.301. The Bertz CT molecular complexity index is 806. The number of benzene rings is 2. The van der Waals surface area contributed by atoms with E-state index < -0.39 is 0 Å². The summed E-state index contributed by atoms with van der Waals surface area (Å²) in [6.45, 7) is 0. The highest BCUT2D eigenvalue weighted by Gasteiger charge is 2.32. The topological polar surface area (TPSA) is 35.5 Å². The van der Waals surface area contributed by atoms with E-state index in [2.05, 4.69) is 36.4 Å². The summed E-state index contributed by atoms with van der Waals surface area (Å²) in [5.41, 5.74) is 2.53. The van der Waals surface area contributed by atoms with E-state index in [0.717, 1.165) is 11.5 Å². The van der Waals surface area contributed by atoms with E-state index in [4.69, 9.17) is 9.47 Å². The minimum Gasteiger partial charge on any atom is -0.497 e. The molecular formula is C29H38O3. The van der Waals surface area contributed by atoms with E-state index in [1.165, 1.54) is 62.5 Å². The van der Waals surface area contributed by atoms with Crippen LogP contribution < -0.4 is 9.47 Å². The number of rotatable bonds is 10. The maximum absolute atomic E-state index is 13.6. The number of Topliss-reactive ketones (excluding diaryl/α,β-unsaturated/α-hetero) is 1. The summed E-state index contributed by atoms with van der Waals surface area (Å²) < 4.78 is 11.0. The van der Waals surface area contributed by atoms with Crippen molar-refractivity contribution in [1.82, 2.24) is 0 Å². The molecule has 2 aliphatic rings. The first-order chi connectivity index (χ1) is 15.7. The smallest absolute Gasteiger partial charge is 0.134 e. The van der Waals surface area contributed by atoms with E-state index in [9.17, 15) is 4.79 Å². The Labute approximate surface area is 193 Å². The van der Waals surface area contributed by atoms with Crippen LogP contribution in [0.3, 0.4) is 0 Å². The SMILES string of the molecule is COc1cccc([C@@H](CC(=O)C[C@@H](c2cccc(OC)c2)C2CCCC2)C2CCCC2)c1. The van der Waals surface area contributed by atoms with Crippen LogP contribution in [0.25, 0.3) is 0 Å². The highest BCUT2D eigenvalue weighted by molar-refractivity contribution is 5.80. The lowest BCUT2D eigenvalue weighted by atomic mass is 9.77. The van der Waals surface area contributed by atoms with Crippen molar-refractivity contribution in [1.29, 1.82) is 0 Å². The predicted octanol–water partition coefficient (Wildman–Crippen LogP) is 7.30. The van der Waals surface area contributed by atoms with Gasteiger partial charge in [-0.25, -0.2) is 0 Å². The lowest BCUT2D eigenvalue weighted by Crippen LogP contribution is -2.19. The minimum atomic E-state index is 0.301. The first-order valence-electron chi connectivity index (χ1n) is 12.5. The largest absolute Gasteiger partial charge is 0.497 e. The molecule has 3 nitrogen and oxygen atoms in total. The van der Waals surface area contributed by atoms with E-state index in [1.54, 1.807) is 14.2 Å². The van der Waals surface area contributed by atoms with Gasteiger partial charge in [0.1, 0.15) is 17.3 Å². The Morgan fingerprint density at radius 1 is 0.750 bits per heavy atom. The van der Waals surface area contributed by atoms with E-state index in [-0.39, 0.29) is 0 Å². The second kappa shape index (κ2) is 11.0. The van der Waals surface area contributed by atoms with Gasteiger partial charge >= 0.3 is 0 Å². The fourth-order valence-electron chi connectivity index (χ4n) is 6.15. The van der Waals surface area contributed by atoms with Crippen molar-refractivity contribution in [2.45, 2.75) is 76.0 Å². The zero-order valence-corrected chi connectivity index (χ0v) is 19.7. The molecule has 0 heterocycles. The number of ether oxygens (including phenoxy) is 2. The van der Waals surface area contributed by atoms with E-state index in [0.29, 0.717) is 42.3 Å². The summed E-state index contributed by atoms with van der Waals surface area (Å²) >= 11 is 0. The van der Waals surface area contributed by atoms with Gasteiger partial charge in [0.05, 0.1) is 14.2 Å². The summed E-state index contributed by atoms with van der Waals surface area (Å²) in [5.74, 6) is 3.99. The average Bonchev–Trinajstić information content (AvgIpc) is 3.56. The van der Waals surface area contributed by atoms with Crippen LogP contribution in [0.1, 0.15) is 87.2 Å². The normalized spacial score (nSPS) is 19.1. The van der Waals surface area contributed by atoms with Crippen molar-refractivity contribution in [3.05, 3.63) is 59.7 Å². The zero-order chi connectivity index (χ0) is 22.3. The molecule has 0 radical (unpaired) electrons. The number of ketones is 1. The lowest BCUT2D eigenvalue weighted by Gasteiger charge is -2.27. The molecule has 0 spiro atoms. The van der Waals surface area contributed by atoms with Crippen molar-refractivity contribution >= 4 is 5.78 Å². The van der Waals surface area contributed by atoms with Gasteiger partial charge in [0.25, 0.3) is 0 Å². The molecule has 2 aromatic rings. The van der Waals surface area contributed by atoms with Crippen molar-refractivity contribution in [2.24, 2.45) is 11.8 Å². The van der Waals surface area contributed by atoms with Crippen molar-refractivity contribution < 1.29 is 14.3 Å². The molecule has 172 valence electrons. The van der Waals surface area contributed by atoms with Crippen molar-refractivity contribution in [2.75, 3.05) is 14.2 Å². The standard InChI is InChI=1S/C29H38O3/c1-31-26-15-7-13-23(17-26)28(21-9-3-4-10-21)19-25(30)20-29(22-11-5-6-12-22)24-14-8-16-27(18-24)32-2/h7-8,13-18,21-22,28-29H,3-6,9-12,19-20H2,1-2H3/t28-,29+. The Balaban J connectivity index is 1.54. The van der Waals surface area contributed by atoms with Gasteiger partial charge in [-0.05, 0) is 84.7 Å². The molecule has 2 aromatic carbocycles. The van der Waals surface area contributed by atoms with Crippen LogP contribution in [-0.2, 0) is 4.79 Å². The maximum atomic E-state index is 13.6. The van der Waals surface area contributed by atoms with Gasteiger partial charge in [0.2, 0.25) is 0 Å². The van der Waals surface area contributed by atoms with Crippen LogP contribution in [0.5, 0.6) is 11.5 Å². The fraction of sp³-hybridized carbons (Fsp3) is 0.552. The Morgan fingerprint density at radius 3 is 1.53 bits per heavy atom. The monoisotopic (exact) mass is 434 g/mol. The second-order valence-electron chi connectivity index (χ2n) is 9.80. The lowest BCUT2D eigenvalue weighted by molar-refractivity contribution is -0.120. The van der Waals surface area contributed by atoms with Gasteiger partial charge < -0.3 is 9.47 Å². The molecule has 0 aliphatic heterocycles. The van der Waals surface area contributed by atoms with E-state index in [1.807, 2.05) is 12.1 Å². The fourth-order valence-corrected chi connectivity index (χ4v) is 6.15. The summed E-state index contributed by atoms with van der Waals surface area (Å²) in [6.07, 6.45) is 11.4. The molecule has 0 unspecified atom stereocenters. The maximum Gasteiger partial charge on any atom is 0.134 e. The highest BCUT2D eigenvalue weighted by atomic mass is 16.5. The predicted molar refractivity (Wildman–Crippen MR) is 130 cm³/mol.